The van der Waals surface area contributed by atoms with Crippen molar-refractivity contribution in [2.45, 2.75) is 39.3 Å². The summed E-state index contributed by atoms with van der Waals surface area (Å²) in [5, 5.41) is 4.70. The second-order valence-electron chi connectivity index (χ2n) is 8.98. The minimum Gasteiger partial charge on any atom is -0.354 e. The lowest BCUT2D eigenvalue weighted by atomic mass is 10.0. The van der Waals surface area contributed by atoms with Crippen LogP contribution in [0.5, 0.6) is 0 Å². The molecule has 1 atom stereocenters. The number of halogens is 4. The fraction of sp³-hybridized carbons (Fsp3) is 0.286. The van der Waals surface area contributed by atoms with E-state index in [4.69, 9.17) is 46.4 Å². The van der Waals surface area contributed by atoms with E-state index in [1.165, 1.54) is 0 Å². The van der Waals surface area contributed by atoms with Crippen LogP contribution in [-0.2, 0) is 29.0 Å². The van der Waals surface area contributed by atoms with Crippen LogP contribution in [0.2, 0.25) is 20.1 Å². The molecule has 0 saturated carbocycles. The summed E-state index contributed by atoms with van der Waals surface area (Å²) in [5.74, 6) is -0.275. The average Bonchev–Trinajstić information content (AvgIpc) is 2.83. The fourth-order valence-electron chi connectivity index (χ4n) is 3.76. The van der Waals surface area contributed by atoms with Gasteiger partial charge in [0, 0.05) is 45.2 Å². The molecule has 3 aromatic carbocycles. The van der Waals surface area contributed by atoms with Gasteiger partial charge in [0.05, 0.1) is 6.42 Å². The van der Waals surface area contributed by atoms with E-state index in [9.17, 15) is 9.59 Å². The fourth-order valence-corrected chi connectivity index (χ4v) is 4.75. The van der Waals surface area contributed by atoms with Crippen molar-refractivity contribution >= 4 is 58.2 Å². The molecule has 4 nitrogen and oxygen atoms in total. The Balaban J connectivity index is 2.02. The molecule has 3 aromatic rings. The first-order valence-electron chi connectivity index (χ1n) is 11.6. The van der Waals surface area contributed by atoms with E-state index in [1.807, 2.05) is 44.2 Å². The third-order valence-corrected chi connectivity index (χ3v) is 7.00. The average molecular weight is 566 g/mol. The highest BCUT2D eigenvalue weighted by Crippen LogP contribution is 2.28. The first-order chi connectivity index (χ1) is 17.2. The molecule has 0 saturated heterocycles. The zero-order valence-corrected chi connectivity index (χ0v) is 23.1. The monoisotopic (exact) mass is 564 g/mol. The van der Waals surface area contributed by atoms with E-state index < -0.39 is 6.04 Å². The normalized spacial score (nSPS) is 11.9. The van der Waals surface area contributed by atoms with Crippen LogP contribution in [0, 0.1) is 5.92 Å². The van der Waals surface area contributed by atoms with Gasteiger partial charge in [0.25, 0.3) is 0 Å². The SMILES string of the molecule is CC(C)CNC(=O)[C@H](Cc1ccccc1)N(Cc1c(Cl)cccc1Cl)C(=O)Cc1ccc(Cl)cc1Cl. The Morgan fingerprint density at radius 3 is 2.14 bits per heavy atom. The van der Waals surface area contributed by atoms with Gasteiger partial charge < -0.3 is 10.2 Å². The summed E-state index contributed by atoms with van der Waals surface area (Å²) in [6, 6.07) is 19.0. The van der Waals surface area contributed by atoms with Crippen LogP contribution < -0.4 is 5.32 Å². The highest BCUT2D eigenvalue weighted by molar-refractivity contribution is 6.36. The van der Waals surface area contributed by atoms with E-state index in [2.05, 4.69) is 5.32 Å². The zero-order valence-electron chi connectivity index (χ0n) is 20.1. The molecular formula is C28H28Cl4N2O2. The number of hydrogen-bond donors (Lipinski definition) is 1. The van der Waals surface area contributed by atoms with Gasteiger partial charge in [-0.05, 0) is 41.3 Å². The number of carbonyl (C=O) groups is 2. The maximum absolute atomic E-state index is 13.8. The predicted octanol–water partition coefficient (Wildman–Crippen LogP) is 7.26. The van der Waals surface area contributed by atoms with Crippen molar-refractivity contribution in [2.24, 2.45) is 5.92 Å². The highest BCUT2D eigenvalue weighted by atomic mass is 35.5. The predicted molar refractivity (Wildman–Crippen MR) is 149 cm³/mol. The van der Waals surface area contributed by atoms with Crippen LogP contribution in [0.1, 0.15) is 30.5 Å². The second kappa shape index (κ2) is 13.3. The summed E-state index contributed by atoms with van der Waals surface area (Å²) in [6.45, 7) is 4.58. The van der Waals surface area contributed by atoms with Crippen molar-refractivity contribution in [3.05, 3.63) is 104 Å². The first-order valence-corrected chi connectivity index (χ1v) is 13.1. The smallest absolute Gasteiger partial charge is 0.243 e. The van der Waals surface area contributed by atoms with Gasteiger partial charge in [0.1, 0.15) is 6.04 Å². The lowest BCUT2D eigenvalue weighted by Gasteiger charge is -2.32. The van der Waals surface area contributed by atoms with Gasteiger partial charge in [-0.15, -0.1) is 0 Å². The molecule has 0 spiro atoms. The molecule has 0 aliphatic rings. The summed E-state index contributed by atoms with van der Waals surface area (Å²) in [7, 11) is 0. The zero-order chi connectivity index (χ0) is 26.2. The number of nitrogens with zero attached hydrogens (tertiary/aromatic N) is 1. The molecule has 1 N–H and O–H groups in total. The Hall–Kier alpha value is -2.24. The molecule has 0 fully saturated rings. The third kappa shape index (κ3) is 7.88. The van der Waals surface area contributed by atoms with Crippen molar-refractivity contribution < 1.29 is 9.59 Å². The number of carbonyl (C=O) groups excluding carboxylic acids is 2. The molecular weight excluding hydrogens is 538 g/mol. The van der Waals surface area contributed by atoms with Crippen LogP contribution in [0.15, 0.2) is 66.7 Å². The molecule has 0 bridgehead atoms. The van der Waals surface area contributed by atoms with Crippen molar-refractivity contribution in [3.8, 4) is 0 Å². The summed E-state index contributed by atoms with van der Waals surface area (Å²) in [5.41, 5.74) is 2.11. The van der Waals surface area contributed by atoms with Gasteiger partial charge in [-0.3, -0.25) is 9.59 Å². The van der Waals surface area contributed by atoms with Crippen molar-refractivity contribution in [1.29, 1.82) is 0 Å². The Labute approximate surface area is 232 Å². The number of rotatable bonds is 10. The van der Waals surface area contributed by atoms with Gasteiger partial charge in [0.2, 0.25) is 11.8 Å². The van der Waals surface area contributed by atoms with Crippen LogP contribution in [0.3, 0.4) is 0 Å². The number of amides is 2. The van der Waals surface area contributed by atoms with Gasteiger partial charge >= 0.3 is 0 Å². The minimum absolute atomic E-state index is 0.0131. The van der Waals surface area contributed by atoms with Crippen molar-refractivity contribution in [1.82, 2.24) is 10.2 Å². The largest absolute Gasteiger partial charge is 0.354 e. The van der Waals surface area contributed by atoms with Gasteiger partial charge in [-0.25, -0.2) is 0 Å². The summed E-state index contributed by atoms with van der Waals surface area (Å²) in [6.07, 6.45) is 0.313. The maximum Gasteiger partial charge on any atom is 0.243 e. The van der Waals surface area contributed by atoms with E-state index in [-0.39, 0.29) is 30.7 Å². The van der Waals surface area contributed by atoms with Crippen LogP contribution in [0.4, 0.5) is 0 Å². The first kappa shape index (κ1) is 28.3. The van der Waals surface area contributed by atoms with Crippen LogP contribution in [-0.4, -0.2) is 29.3 Å². The molecule has 3 rings (SSSR count). The summed E-state index contributed by atoms with van der Waals surface area (Å²) < 4.78 is 0. The summed E-state index contributed by atoms with van der Waals surface area (Å²) in [4.78, 5) is 28.9. The topological polar surface area (TPSA) is 49.4 Å². The molecule has 0 aromatic heterocycles. The second-order valence-corrected chi connectivity index (χ2v) is 10.6. The standard InChI is InChI=1S/C28H28Cl4N2O2/c1-18(2)16-33-28(36)26(13-19-7-4-3-5-8-19)34(17-22-23(30)9-6-10-24(22)31)27(35)14-20-11-12-21(29)15-25(20)32/h3-12,15,18,26H,13-14,16-17H2,1-2H3,(H,33,36)/t26-/m0/s1. The lowest BCUT2D eigenvalue weighted by molar-refractivity contribution is -0.140. The summed E-state index contributed by atoms with van der Waals surface area (Å²) >= 11 is 25.3. The maximum atomic E-state index is 13.8. The Bertz CT molecular complexity index is 1180. The van der Waals surface area contributed by atoms with Crippen molar-refractivity contribution in [2.75, 3.05) is 6.54 Å². The molecule has 36 heavy (non-hydrogen) atoms. The molecule has 190 valence electrons. The molecule has 0 heterocycles. The third-order valence-electron chi connectivity index (χ3n) is 5.70. The number of nitrogens with one attached hydrogen (secondary N) is 1. The van der Waals surface area contributed by atoms with Crippen LogP contribution in [0.25, 0.3) is 0 Å². The molecule has 8 heteroatoms. The van der Waals surface area contributed by atoms with E-state index in [1.54, 1.807) is 41.3 Å². The van der Waals surface area contributed by atoms with Gasteiger partial charge in [0.15, 0.2) is 0 Å². The molecule has 2 amide bonds. The quantitative estimate of drug-likeness (QED) is 0.281. The van der Waals surface area contributed by atoms with Crippen molar-refractivity contribution in [3.63, 3.8) is 0 Å². The molecule has 0 unspecified atom stereocenters. The molecule has 0 aliphatic heterocycles. The number of benzene rings is 3. The number of hydrogen-bond acceptors (Lipinski definition) is 2. The van der Waals surface area contributed by atoms with Crippen LogP contribution >= 0.6 is 46.4 Å². The van der Waals surface area contributed by atoms with Gasteiger partial charge in [-0.1, -0.05) is 103 Å². The lowest BCUT2D eigenvalue weighted by Crippen LogP contribution is -2.51. The Morgan fingerprint density at radius 1 is 0.861 bits per heavy atom. The Morgan fingerprint density at radius 2 is 1.53 bits per heavy atom. The molecule has 0 aliphatic carbocycles. The molecule has 0 radical (unpaired) electrons. The van der Waals surface area contributed by atoms with E-state index in [0.717, 1.165) is 5.56 Å². The highest BCUT2D eigenvalue weighted by Gasteiger charge is 2.31. The minimum atomic E-state index is -0.794. The Kier molecular flexibility index (Phi) is 10.5. The van der Waals surface area contributed by atoms with E-state index >= 15 is 0 Å². The van der Waals surface area contributed by atoms with Gasteiger partial charge in [-0.2, -0.15) is 0 Å². The van der Waals surface area contributed by atoms with E-state index in [0.29, 0.717) is 44.2 Å².